The van der Waals surface area contributed by atoms with Crippen molar-refractivity contribution in [3.63, 3.8) is 0 Å². The highest BCUT2D eigenvalue weighted by Crippen LogP contribution is 2.56. The summed E-state index contributed by atoms with van der Waals surface area (Å²) >= 11 is 7.87. The van der Waals surface area contributed by atoms with Crippen LogP contribution in [0.4, 0.5) is 30.2 Å². The Morgan fingerprint density at radius 3 is 2.05 bits per heavy atom. The summed E-state index contributed by atoms with van der Waals surface area (Å²) in [5.41, 5.74) is 0.542. The van der Waals surface area contributed by atoms with Crippen molar-refractivity contribution in [2.24, 2.45) is 11.8 Å². The zero-order valence-corrected chi connectivity index (χ0v) is 47.8. The van der Waals surface area contributed by atoms with Crippen LogP contribution in [0.3, 0.4) is 0 Å². The predicted molar refractivity (Wildman–Crippen MR) is 305 cm³/mol. The van der Waals surface area contributed by atoms with Crippen LogP contribution in [-0.4, -0.2) is 114 Å². The Hall–Kier alpha value is -4.78. The number of aliphatic hydroxyl groups is 1. The minimum atomic E-state index is -5.88. The summed E-state index contributed by atoms with van der Waals surface area (Å²) < 4.78 is 122. The van der Waals surface area contributed by atoms with Crippen molar-refractivity contribution in [3.05, 3.63) is 138 Å². The van der Waals surface area contributed by atoms with E-state index in [1.165, 1.54) is 23.1 Å². The summed E-state index contributed by atoms with van der Waals surface area (Å²) in [7, 11) is -13.6. The summed E-state index contributed by atoms with van der Waals surface area (Å²) in [4.78, 5) is 7.17. The lowest BCUT2D eigenvalue weighted by molar-refractivity contribution is -0.0436. The van der Waals surface area contributed by atoms with Gasteiger partial charge >= 0.3 is 13.0 Å². The van der Waals surface area contributed by atoms with E-state index < -0.39 is 37.6 Å². The number of halogens is 4. The number of piperidine rings is 1. The van der Waals surface area contributed by atoms with Gasteiger partial charge in [0.05, 0.1) is 33.9 Å². The number of anilines is 3. The molecule has 0 spiro atoms. The van der Waals surface area contributed by atoms with Gasteiger partial charge in [0, 0.05) is 89.1 Å². The first-order chi connectivity index (χ1) is 36.7. The molecule has 3 aliphatic rings. The molecule has 0 radical (unpaired) electrons. The van der Waals surface area contributed by atoms with Gasteiger partial charge in [0.1, 0.15) is 0 Å². The highest BCUT2D eigenvalue weighted by Gasteiger charge is 2.49. The fourth-order valence-electron chi connectivity index (χ4n) is 11.1. The van der Waals surface area contributed by atoms with Gasteiger partial charge in [-0.3, -0.25) is 9.24 Å². The normalized spacial score (nSPS) is 18.6. The molecule has 3 saturated heterocycles. The van der Waals surface area contributed by atoms with Crippen LogP contribution < -0.4 is 19.8 Å². The van der Waals surface area contributed by atoms with E-state index in [4.69, 9.17) is 16.1 Å². The Labute approximate surface area is 460 Å². The molecule has 3 fully saturated rings. The predicted octanol–water partition coefficient (Wildman–Crippen LogP) is 11.8. The third-order valence-electron chi connectivity index (χ3n) is 15.1. The zero-order chi connectivity index (χ0) is 54.9. The second-order valence-corrected chi connectivity index (χ2v) is 28.3. The molecule has 0 aliphatic carbocycles. The molecule has 0 bridgehead atoms. The lowest BCUT2D eigenvalue weighted by atomic mass is 9.95. The molecule has 4 heterocycles. The molecular weight excluding hydrogens is 1090 g/mol. The smallest absolute Gasteiger partial charge is 0.396 e. The molecule has 5 aromatic carbocycles. The van der Waals surface area contributed by atoms with Crippen molar-refractivity contribution in [2.45, 2.75) is 72.7 Å². The minimum absolute atomic E-state index is 0.0130. The quantitative estimate of drug-likeness (QED) is 0.0649. The Morgan fingerprint density at radius 1 is 0.779 bits per heavy atom. The van der Waals surface area contributed by atoms with Crippen LogP contribution in [0.15, 0.2) is 136 Å². The number of hydrogen-bond acceptors (Lipinski definition) is 11. The first-order valence-corrected chi connectivity index (χ1v) is 32.4. The van der Waals surface area contributed by atoms with Crippen LogP contribution in [0.25, 0.3) is 22.4 Å². The largest absolute Gasteiger partial charge is 0.501 e. The minimum Gasteiger partial charge on any atom is -0.396 e. The van der Waals surface area contributed by atoms with Gasteiger partial charge in [0.15, 0.2) is 9.84 Å². The van der Waals surface area contributed by atoms with E-state index >= 15 is 4.57 Å². The van der Waals surface area contributed by atoms with E-state index in [9.17, 15) is 35.1 Å². The van der Waals surface area contributed by atoms with Gasteiger partial charge in [-0.05, 0) is 167 Å². The molecule has 9 rings (SSSR count). The number of piperazine rings is 1. The van der Waals surface area contributed by atoms with Crippen molar-refractivity contribution in [3.8, 4) is 22.4 Å². The highest BCUT2D eigenvalue weighted by atomic mass is 35.5. The zero-order valence-electron chi connectivity index (χ0n) is 43.7. The molecule has 77 heavy (non-hydrogen) atoms. The molecule has 12 nitrogen and oxygen atoms in total. The number of nitrogens with zero attached hydrogens (tertiary/aromatic N) is 5. The molecule has 20 heteroatoms. The Balaban J connectivity index is 0.926. The van der Waals surface area contributed by atoms with Gasteiger partial charge < -0.3 is 28.9 Å². The lowest BCUT2D eigenvalue weighted by Crippen LogP contribution is -2.46. The maximum absolute atomic E-state index is 15.0. The number of sulfone groups is 2. The second kappa shape index (κ2) is 23.5. The molecule has 412 valence electrons. The van der Waals surface area contributed by atoms with Crippen LogP contribution in [0.2, 0.25) is 5.02 Å². The average Bonchev–Trinajstić information content (AvgIpc) is 4.00. The van der Waals surface area contributed by atoms with Gasteiger partial charge in [0.2, 0.25) is 0 Å². The number of likely N-dealkylation sites (tertiary alicyclic amines) is 1. The monoisotopic (exact) mass is 1150 g/mol. The van der Waals surface area contributed by atoms with E-state index in [0.717, 1.165) is 65.1 Å². The Morgan fingerprint density at radius 2 is 1.43 bits per heavy atom. The number of hydrogen-bond donors (Lipinski definition) is 1. The van der Waals surface area contributed by atoms with Crippen LogP contribution >= 0.6 is 30.9 Å². The molecule has 0 amide bonds. The number of thioether (sulfide) groups is 1. The van der Waals surface area contributed by atoms with Crippen molar-refractivity contribution < 1.29 is 44.2 Å². The number of aromatic nitrogens is 1. The third kappa shape index (κ3) is 12.4. The molecule has 0 saturated carbocycles. The van der Waals surface area contributed by atoms with Crippen LogP contribution in [-0.2, 0) is 35.2 Å². The Bertz CT molecular complexity index is 3320. The van der Waals surface area contributed by atoms with Gasteiger partial charge in [-0.1, -0.05) is 60.1 Å². The first kappa shape index (κ1) is 56.9. The van der Waals surface area contributed by atoms with Gasteiger partial charge in [-0.2, -0.15) is 13.2 Å². The molecule has 1 aromatic heterocycles. The van der Waals surface area contributed by atoms with E-state index in [1.807, 2.05) is 106 Å². The summed E-state index contributed by atoms with van der Waals surface area (Å²) in [6.07, 6.45) is 3.64. The molecule has 3 aliphatic heterocycles. The molecular formula is C57H66ClF3N5O7PS3. The van der Waals surface area contributed by atoms with Gasteiger partial charge in [-0.25, -0.2) is 16.8 Å². The maximum atomic E-state index is 15.0. The van der Waals surface area contributed by atoms with Crippen LogP contribution in [0, 0.1) is 18.8 Å². The summed E-state index contributed by atoms with van der Waals surface area (Å²) in [6, 6.07) is 36.3. The average molecular weight is 1150 g/mol. The van der Waals surface area contributed by atoms with E-state index in [2.05, 4.69) is 25.3 Å². The molecule has 2 atom stereocenters. The molecule has 0 unspecified atom stereocenters. The number of alkyl halides is 3. The Kier molecular flexibility index (Phi) is 17.4. The van der Waals surface area contributed by atoms with E-state index in [-0.39, 0.29) is 54.9 Å². The van der Waals surface area contributed by atoms with Crippen molar-refractivity contribution in [1.82, 2.24) is 9.47 Å². The van der Waals surface area contributed by atoms with E-state index in [0.29, 0.717) is 71.8 Å². The summed E-state index contributed by atoms with van der Waals surface area (Å²) in [5.74, 6) is 0.591. The number of rotatable bonds is 18. The fraction of sp³-hybridized carbons (Fsp3) is 0.404. The highest BCUT2D eigenvalue weighted by molar-refractivity contribution is 7.99. The number of aliphatic hydroxyl groups excluding tert-OH is 1. The van der Waals surface area contributed by atoms with Crippen molar-refractivity contribution in [2.75, 3.05) is 92.1 Å². The van der Waals surface area contributed by atoms with E-state index in [1.54, 1.807) is 23.9 Å². The van der Waals surface area contributed by atoms with Crippen LogP contribution in [0.1, 0.15) is 50.4 Å². The fourth-order valence-corrected chi connectivity index (χ4v) is 16.9. The molecule has 1 N–H and O–H groups in total. The van der Waals surface area contributed by atoms with Gasteiger partial charge in [-0.15, -0.1) is 11.8 Å². The lowest BCUT2D eigenvalue weighted by Gasteiger charge is -2.37. The topological polar surface area (TPSA) is 133 Å². The first-order valence-electron chi connectivity index (χ1n) is 26.1. The third-order valence-corrected chi connectivity index (χ3v) is 21.9. The summed E-state index contributed by atoms with van der Waals surface area (Å²) in [5, 5.41) is 10.1. The second-order valence-electron chi connectivity index (χ2n) is 20.6. The van der Waals surface area contributed by atoms with Crippen molar-refractivity contribution in [1.29, 1.82) is 0 Å². The van der Waals surface area contributed by atoms with Gasteiger partial charge in [0.25, 0.3) is 9.84 Å². The van der Waals surface area contributed by atoms with Crippen molar-refractivity contribution >= 4 is 72.9 Å². The SMILES string of the molecule is Cc1c(S(C)(=O)=O)c(-c2cccc(N3CCN(c4ccc(N5CCO[P@]5(=O)c5ccc(C[C@H](CCN6CCC(CO)CC6)CSc6ccccc6)c(S(=O)(=O)C(F)(F)F)c5)cc4)CC3)c2)c(-c2ccc(Cl)cc2)n1C(C)C. The molecule has 6 aromatic rings. The number of benzene rings is 5. The summed E-state index contributed by atoms with van der Waals surface area (Å²) in [6.45, 7) is 11.2. The standard InChI is InChI=1S/C57H66ClF3N5O7PS3/c1-40(2)66-41(3)56(76(4,69)70)54(55(66)44-13-16-47(58)17-14-44)46-9-8-10-50(36-46)64-31-29-63(30-32-64)48-18-20-49(21-19-48)65-33-34-73-74(65,68)51-22-15-45(53(37-51)77(71,72)57(59,60)61)35-43(39-75-52-11-6-5-7-12-52)25-28-62-26-23-42(38-67)24-27-62/h5-22,36-37,40,42-43,67H,23-35,38-39H2,1-4H3/t43-,74+/m0/s1. The maximum Gasteiger partial charge on any atom is 0.501 e. The van der Waals surface area contributed by atoms with Crippen LogP contribution in [0.5, 0.6) is 0 Å².